The van der Waals surface area contributed by atoms with Crippen LogP contribution in [0.3, 0.4) is 0 Å². The minimum atomic E-state index is -1.02. The number of hydrogen-bond acceptors (Lipinski definition) is 5. The fourth-order valence-electron chi connectivity index (χ4n) is 2.44. The predicted molar refractivity (Wildman–Crippen MR) is 79.2 cm³/mol. The maximum absolute atomic E-state index is 10.7. The van der Waals surface area contributed by atoms with Crippen molar-refractivity contribution in [3.63, 3.8) is 0 Å². The van der Waals surface area contributed by atoms with E-state index in [-0.39, 0.29) is 6.42 Å². The summed E-state index contributed by atoms with van der Waals surface area (Å²) in [7, 11) is 0. The van der Waals surface area contributed by atoms with E-state index in [1.54, 1.807) is 10.9 Å². The number of nitrogens with zero attached hydrogens (tertiary/aromatic N) is 3. The molecule has 0 radical (unpaired) electrons. The first kappa shape index (κ1) is 14.1. The second kappa shape index (κ2) is 5.87. The molecule has 1 aliphatic heterocycles. The summed E-state index contributed by atoms with van der Waals surface area (Å²) >= 11 is 1.86. The molecule has 7 heteroatoms. The fourth-order valence-corrected chi connectivity index (χ4v) is 3.68. The Hall–Kier alpha value is -1.86. The van der Waals surface area contributed by atoms with Crippen molar-refractivity contribution in [1.29, 1.82) is 0 Å². The molecule has 0 amide bonds. The zero-order chi connectivity index (χ0) is 14.8. The molecule has 1 aliphatic rings. The van der Waals surface area contributed by atoms with Crippen LogP contribution in [0.25, 0.3) is 0 Å². The Bertz CT molecular complexity index is 658. The smallest absolute Gasteiger partial charge is 0.320 e. The van der Waals surface area contributed by atoms with Crippen molar-refractivity contribution in [3.8, 4) is 0 Å². The Kier molecular flexibility index (Phi) is 3.94. The van der Waals surface area contributed by atoms with Crippen molar-refractivity contribution < 1.29 is 9.90 Å². The minimum absolute atomic E-state index is 0.200. The van der Waals surface area contributed by atoms with Crippen LogP contribution in [0.2, 0.25) is 0 Å². The van der Waals surface area contributed by atoms with Gasteiger partial charge in [-0.1, -0.05) is 23.4 Å². The third-order valence-electron chi connectivity index (χ3n) is 3.54. The van der Waals surface area contributed by atoms with Gasteiger partial charge in [-0.2, -0.15) is 0 Å². The van der Waals surface area contributed by atoms with Gasteiger partial charge >= 0.3 is 5.97 Å². The summed E-state index contributed by atoms with van der Waals surface area (Å²) in [6.45, 7) is 0.749. The summed E-state index contributed by atoms with van der Waals surface area (Å²) in [6, 6.07) is 7.46. The first-order chi connectivity index (χ1) is 10.1. The lowest BCUT2D eigenvalue weighted by atomic mass is 10.0. The van der Waals surface area contributed by atoms with E-state index in [1.165, 1.54) is 10.5 Å². The zero-order valence-corrected chi connectivity index (χ0v) is 12.2. The van der Waals surface area contributed by atoms with E-state index in [0.717, 1.165) is 12.3 Å². The second-order valence-electron chi connectivity index (χ2n) is 5.13. The molecule has 21 heavy (non-hydrogen) atoms. The largest absolute Gasteiger partial charge is 0.480 e. The number of hydrogen-bond donors (Lipinski definition) is 2. The maximum Gasteiger partial charge on any atom is 0.320 e. The first-order valence-electron chi connectivity index (χ1n) is 6.72. The number of thioether (sulfide) groups is 1. The molecular weight excluding hydrogens is 288 g/mol. The molecule has 0 aliphatic carbocycles. The Balaban J connectivity index is 1.67. The summed E-state index contributed by atoms with van der Waals surface area (Å²) in [4.78, 5) is 12.1. The van der Waals surface area contributed by atoms with Crippen molar-refractivity contribution in [2.24, 2.45) is 5.73 Å². The van der Waals surface area contributed by atoms with E-state index >= 15 is 0 Å². The van der Waals surface area contributed by atoms with Gasteiger partial charge in [-0.3, -0.25) is 9.48 Å². The molecule has 6 nitrogen and oxygen atoms in total. The molecule has 0 saturated heterocycles. The number of aliphatic carboxylic acids is 1. The molecule has 2 atom stereocenters. The third kappa shape index (κ3) is 3.08. The average molecular weight is 304 g/mol. The molecule has 2 unspecified atom stereocenters. The van der Waals surface area contributed by atoms with Crippen molar-refractivity contribution >= 4 is 17.7 Å². The molecule has 1 aromatic carbocycles. The van der Waals surface area contributed by atoms with Crippen molar-refractivity contribution in [2.75, 3.05) is 5.75 Å². The SMILES string of the molecule is NC(Cc1cn(CC2CSc3ccccc32)nn1)C(=O)O. The summed E-state index contributed by atoms with van der Waals surface area (Å²) < 4.78 is 1.78. The van der Waals surface area contributed by atoms with E-state index < -0.39 is 12.0 Å². The van der Waals surface area contributed by atoms with E-state index in [2.05, 4.69) is 34.6 Å². The van der Waals surface area contributed by atoms with Crippen LogP contribution >= 0.6 is 11.8 Å². The molecule has 0 bridgehead atoms. The summed E-state index contributed by atoms with van der Waals surface area (Å²) in [5.74, 6) is 0.419. The lowest BCUT2D eigenvalue weighted by Crippen LogP contribution is -2.32. The number of carboxylic acid groups (broad SMARTS) is 1. The molecule has 2 heterocycles. The van der Waals surface area contributed by atoms with Gasteiger partial charge in [0.25, 0.3) is 0 Å². The number of rotatable bonds is 5. The molecule has 2 aromatic rings. The van der Waals surface area contributed by atoms with Crippen molar-refractivity contribution in [2.45, 2.75) is 29.8 Å². The summed E-state index contributed by atoms with van der Waals surface area (Å²) in [5.41, 5.74) is 7.47. The quantitative estimate of drug-likeness (QED) is 0.859. The van der Waals surface area contributed by atoms with Gasteiger partial charge in [-0.05, 0) is 11.6 Å². The lowest BCUT2D eigenvalue weighted by molar-refractivity contribution is -0.138. The normalized spacial score (nSPS) is 18.4. The highest BCUT2D eigenvalue weighted by Gasteiger charge is 2.23. The lowest BCUT2D eigenvalue weighted by Gasteiger charge is -2.09. The zero-order valence-electron chi connectivity index (χ0n) is 11.3. The number of nitrogens with two attached hydrogens (primary N) is 1. The van der Waals surface area contributed by atoms with Crippen LogP contribution in [0.15, 0.2) is 35.4 Å². The average Bonchev–Trinajstić information content (AvgIpc) is 3.07. The number of fused-ring (bicyclic) bond motifs is 1. The van der Waals surface area contributed by atoms with Crippen molar-refractivity contribution in [3.05, 3.63) is 41.7 Å². The van der Waals surface area contributed by atoms with Crippen LogP contribution in [-0.2, 0) is 17.8 Å². The van der Waals surface area contributed by atoms with E-state index in [9.17, 15) is 4.79 Å². The van der Waals surface area contributed by atoms with Crippen LogP contribution in [0.4, 0.5) is 0 Å². The molecular formula is C14H16N4O2S. The highest BCUT2D eigenvalue weighted by Crippen LogP contribution is 2.39. The van der Waals surface area contributed by atoms with Crippen LogP contribution in [-0.4, -0.2) is 37.9 Å². The standard InChI is InChI=1S/C14H16N4O2S/c15-12(14(19)20)5-10-7-18(17-16-10)6-9-8-21-13-4-2-1-3-11(9)13/h1-4,7,9,12H,5-6,8,15H2,(H,19,20). The topological polar surface area (TPSA) is 94.0 Å². The van der Waals surface area contributed by atoms with E-state index in [0.29, 0.717) is 11.6 Å². The van der Waals surface area contributed by atoms with Crippen LogP contribution in [0.5, 0.6) is 0 Å². The van der Waals surface area contributed by atoms with Gasteiger partial charge in [-0.15, -0.1) is 16.9 Å². The van der Waals surface area contributed by atoms with Gasteiger partial charge in [0.05, 0.1) is 12.2 Å². The van der Waals surface area contributed by atoms with Gasteiger partial charge in [0.2, 0.25) is 0 Å². The molecule has 3 N–H and O–H groups in total. The molecule has 110 valence electrons. The maximum atomic E-state index is 10.7. The molecule has 3 rings (SSSR count). The Morgan fingerprint density at radius 2 is 2.33 bits per heavy atom. The molecule has 0 fully saturated rings. The number of carboxylic acids is 1. The Morgan fingerprint density at radius 3 is 3.14 bits per heavy atom. The molecule has 0 spiro atoms. The highest BCUT2D eigenvalue weighted by molar-refractivity contribution is 7.99. The second-order valence-corrected chi connectivity index (χ2v) is 6.19. The summed E-state index contributed by atoms with van der Waals surface area (Å²) in [6.07, 6.45) is 1.99. The van der Waals surface area contributed by atoms with Gasteiger partial charge < -0.3 is 10.8 Å². The molecule has 1 aromatic heterocycles. The minimum Gasteiger partial charge on any atom is -0.480 e. The van der Waals surface area contributed by atoms with Gasteiger partial charge in [0, 0.05) is 29.2 Å². The third-order valence-corrected chi connectivity index (χ3v) is 4.79. The predicted octanol–water partition coefficient (Wildman–Crippen LogP) is 1.12. The van der Waals surface area contributed by atoms with Gasteiger partial charge in [0.1, 0.15) is 6.04 Å². The van der Waals surface area contributed by atoms with Crippen LogP contribution in [0.1, 0.15) is 17.2 Å². The Labute approximate surface area is 126 Å². The number of aromatic nitrogens is 3. The number of benzene rings is 1. The Morgan fingerprint density at radius 1 is 1.52 bits per heavy atom. The monoisotopic (exact) mass is 304 g/mol. The highest BCUT2D eigenvalue weighted by atomic mass is 32.2. The van der Waals surface area contributed by atoms with E-state index in [4.69, 9.17) is 10.8 Å². The fraction of sp³-hybridized carbons (Fsp3) is 0.357. The number of carbonyl (C=O) groups is 1. The van der Waals surface area contributed by atoms with Gasteiger partial charge in [-0.25, -0.2) is 0 Å². The summed E-state index contributed by atoms with van der Waals surface area (Å²) in [5, 5.41) is 16.9. The van der Waals surface area contributed by atoms with Crippen molar-refractivity contribution in [1.82, 2.24) is 15.0 Å². The molecule has 0 saturated carbocycles. The first-order valence-corrected chi connectivity index (χ1v) is 7.71. The van der Waals surface area contributed by atoms with Gasteiger partial charge in [0.15, 0.2) is 0 Å². The van der Waals surface area contributed by atoms with Crippen LogP contribution < -0.4 is 5.73 Å². The van der Waals surface area contributed by atoms with Crippen LogP contribution in [0, 0.1) is 0 Å². The van der Waals surface area contributed by atoms with E-state index in [1.807, 2.05) is 11.8 Å².